The monoisotopic (exact) mass is 330 g/mol. The quantitative estimate of drug-likeness (QED) is 0.934. The van der Waals surface area contributed by atoms with Crippen LogP contribution in [0.2, 0.25) is 0 Å². The van der Waals surface area contributed by atoms with Crippen LogP contribution in [-0.2, 0) is 0 Å². The Labute approximate surface area is 139 Å². The van der Waals surface area contributed by atoms with E-state index < -0.39 is 0 Å². The van der Waals surface area contributed by atoms with E-state index in [0.717, 1.165) is 12.1 Å². The Morgan fingerprint density at radius 1 is 1.29 bits per heavy atom. The molecule has 0 spiro atoms. The van der Waals surface area contributed by atoms with E-state index >= 15 is 0 Å². The van der Waals surface area contributed by atoms with Crippen molar-refractivity contribution in [2.45, 2.75) is 12.3 Å². The number of rotatable bonds is 3. The number of likely N-dealkylation sites (tertiary alicyclic amines) is 1. The SMILES string of the molecule is CN(C)C(=O)c1cc([C@@H]2CCN(C(=O)c3ccc(F)cc3)C2)[nH]n1. The molecule has 0 radical (unpaired) electrons. The molecule has 24 heavy (non-hydrogen) atoms. The zero-order valence-corrected chi connectivity index (χ0v) is 13.6. The predicted molar refractivity (Wildman–Crippen MR) is 86.3 cm³/mol. The lowest BCUT2D eigenvalue weighted by atomic mass is 10.0. The largest absolute Gasteiger partial charge is 0.343 e. The number of benzene rings is 1. The lowest BCUT2D eigenvalue weighted by Crippen LogP contribution is -2.28. The van der Waals surface area contributed by atoms with Crippen molar-refractivity contribution >= 4 is 11.8 Å². The van der Waals surface area contributed by atoms with Crippen LogP contribution < -0.4 is 0 Å². The summed E-state index contributed by atoms with van der Waals surface area (Å²) in [7, 11) is 3.35. The number of carbonyl (C=O) groups is 2. The number of nitrogens with one attached hydrogen (secondary N) is 1. The fraction of sp³-hybridized carbons (Fsp3) is 0.353. The molecule has 7 heteroatoms. The van der Waals surface area contributed by atoms with Gasteiger partial charge in [-0.3, -0.25) is 14.7 Å². The van der Waals surface area contributed by atoms with Crippen LogP contribution in [0.1, 0.15) is 38.9 Å². The van der Waals surface area contributed by atoms with Gasteiger partial charge in [0.05, 0.1) is 0 Å². The van der Waals surface area contributed by atoms with E-state index in [1.165, 1.54) is 29.2 Å². The second-order valence-corrected chi connectivity index (χ2v) is 6.15. The van der Waals surface area contributed by atoms with Crippen molar-refractivity contribution in [1.82, 2.24) is 20.0 Å². The number of carbonyl (C=O) groups excluding carboxylic acids is 2. The lowest BCUT2D eigenvalue weighted by Gasteiger charge is -2.16. The highest BCUT2D eigenvalue weighted by molar-refractivity contribution is 5.94. The topological polar surface area (TPSA) is 69.3 Å². The molecule has 0 unspecified atom stereocenters. The highest BCUT2D eigenvalue weighted by Crippen LogP contribution is 2.27. The number of hydrogen-bond donors (Lipinski definition) is 1. The van der Waals surface area contributed by atoms with Gasteiger partial charge in [0.2, 0.25) is 0 Å². The van der Waals surface area contributed by atoms with E-state index in [0.29, 0.717) is 24.3 Å². The van der Waals surface area contributed by atoms with Gasteiger partial charge in [-0.2, -0.15) is 5.10 Å². The molecule has 2 aromatic rings. The fourth-order valence-corrected chi connectivity index (χ4v) is 2.86. The van der Waals surface area contributed by atoms with Gasteiger partial charge in [0, 0.05) is 44.4 Å². The third-order valence-corrected chi connectivity index (χ3v) is 4.23. The van der Waals surface area contributed by atoms with Crippen molar-refractivity contribution < 1.29 is 14.0 Å². The summed E-state index contributed by atoms with van der Waals surface area (Å²) in [6.45, 7) is 1.17. The molecule has 1 atom stereocenters. The molecular weight excluding hydrogens is 311 g/mol. The Bertz CT molecular complexity index is 754. The standard InChI is InChI=1S/C17H19FN4O2/c1-21(2)17(24)15-9-14(19-20-15)12-7-8-22(10-12)16(23)11-3-5-13(18)6-4-11/h3-6,9,12H,7-8,10H2,1-2H3,(H,19,20)/t12-/m1/s1. The van der Waals surface area contributed by atoms with Gasteiger partial charge < -0.3 is 9.80 Å². The van der Waals surface area contributed by atoms with Crippen molar-refractivity contribution in [1.29, 1.82) is 0 Å². The minimum absolute atomic E-state index is 0.110. The van der Waals surface area contributed by atoms with Crippen molar-refractivity contribution in [2.75, 3.05) is 27.2 Å². The molecule has 6 nitrogen and oxygen atoms in total. The highest BCUT2D eigenvalue weighted by atomic mass is 19.1. The van der Waals surface area contributed by atoms with E-state index in [1.807, 2.05) is 0 Å². The summed E-state index contributed by atoms with van der Waals surface area (Å²) < 4.78 is 13.0. The second-order valence-electron chi connectivity index (χ2n) is 6.15. The third kappa shape index (κ3) is 3.15. The number of H-pyrrole nitrogens is 1. The van der Waals surface area contributed by atoms with E-state index in [9.17, 15) is 14.0 Å². The van der Waals surface area contributed by atoms with Crippen molar-refractivity contribution in [3.05, 3.63) is 53.1 Å². The Morgan fingerprint density at radius 3 is 2.67 bits per heavy atom. The Kier molecular flexibility index (Phi) is 4.33. The number of halogens is 1. The van der Waals surface area contributed by atoms with Crippen molar-refractivity contribution in [3.63, 3.8) is 0 Å². The first-order valence-electron chi connectivity index (χ1n) is 7.77. The Balaban J connectivity index is 1.68. The first-order chi connectivity index (χ1) is 11.5. The molecule has 3 rings (SSSR count). The molecule has 0 aliphatic carbocycles. The van der Waals surface area contributed by atoms with Crippen LogP contribution in [0.4, 0.5) is 4.39 Å². The van der Waals surface area contributed by atoms with Crippen LogP contribution in [-0.4, -0.2) is 59.0 Å². The maximum Gasteiger partial charge on any atom is 0.273 e. The molecule has 2 amide bonds. The molecular formula is C17H19FN4O2. The third-order valence-electron chi connectivity index (χ3n) is 4.23. The maximum absolute atomic E-state index is 13.0. The molecule has 1 aliphatic heterocycles. The molecule has 1 fully saturated rings. The summed E-state index contributed by atoms with van der Waals surface area (Å²) in [6, 6.07) is 7.31. The maximum atomic E-state index is 13.0. The average Bonchev–Trinajstić information content (AvgIpc) is 3.23. The van der Waals surface area contributed by atoms with Crippen LogP contribution in [0.3, 0.4) is 0 Å². The van der Waals surface area contributed by atoms with Crippen LogP contribution in [0, 0.1) is 5.82 Å². The second kappa shape index (κ2) is 6.43. The van der Waals surface area contributed by atoms with Gasteiger partial charge in [0.15, 0.2) is 0 Å². The molecule has 1 N–H and O–H groups in total. The number of aromatic nitrogens is 2. The van der Waals surface area contributed by atoms with E-state index in [-0.39, 0.29) is 23.5 Å². The van der Waals surface area contributed by atoms with Crippen molar-refractivity contribution in [3.8, 4) is 0 Å². The van der Waals surface area contributed by atoms with E-state index in [4.69, 9.17) is 0 Å². The summed E-state index contributed by atoms with van der Waals surface area (Å²) in [5.74, 6) is -0.511. The molecule has 126 valence electrons. The molecule has 0 saturated carbocycles. The first kappa shape index (κ1) is 16.2. The first-order valence-corrected chi connectivity index (χ1v) is 7.77. The summed E-state index contributed by atoms with van der Waals surface area (Å²) >= 11 is 0. The number of hydrogen-bond acceptors (Lipinski definition) is 3. The van der Waals surface area contributed by atoms with Gasteiger partial charge in [0.1, 0.15) is 11.5 Å². The van der Waals surface area contributed by atoms with Gasteiger partial charge in [-0.25, -0.2) is 4.39 Å². The van der Waals surface area contributed by atoms with Gasteiger partial charge in [-0.05, 0) is 36.8 Å². The predicted octanol–water partition coefficient (Wildman–Crippen LogP) is 1.88. The number of amides is 2. The van der Waals surface area contributed by atoms with Gasteiger partial charge in [-0.1, -0.05) is 0 Å². The summed E-state index contributed by atoms with van der Waals surface area (Å²) in [4.78, 5) is 27.6. The zero-order chi connectivity index (χ0) is 17.3. The molecule has 0 bridgehead atoms. The van der Waals surface area contributed by atoms with Crippen LogP contribution >= 0.6 is 0 Å². The minimum Gasteiger partial charge on any atom is -0.343 e. The summed E-state index contributed by atoms with van der Waals surface area (Å²) in [5, 5.41) is 6.96. The molecule has 1 aliphatic rings. The summed E-state index contributed by atoms with van der Waals surface area (Å²) in [5.41, 5.74) is 1.71. The van der Waals surface area contributed by atoms with Gasteiger partial charge in [-0.15, -0.1) is 0 Å². The molecule has 1 aromatic carbocycles. The fourth-order valence-electron chi connectivity index (χ4n) is 2.86. The van der Waals surface area contributed by atoms with Crippen molar-refractivity contribution in [2.24, 2.45) is 0 Å². The Morgan fingerprint density at radius 2 is 2.00 bits per heavy atom. The van der Waals surface area contributed by atoms with Crippen LogP contribution in [0.15, 0.2) is 30.3 Å². The minimum atomic E-state index is -0.360. The number of nitrogens with zero attached hydrogens (tertiary/aromatic N) is 3. The molecule has 1 aromatic heterocycles. The van der Waals surface area contributed by atoms with Gasteiger partial charge in [0.25, 0.3) is 11.8 Å². The van der Waals surface area contributed by atoms with E-state index in [2.05, 4.69) is 10.2 Å². The average molecular weight is 330 g/mol. The lowest BCUT2D eigenvalue weighted by molar-refractivity contribution is 0.0789. The van der Waals surface area contributed by atoms with Gasteiger partial charge >= 0.3 is 0 Å². The number of aromatic amines is 1. The smallest absolute Gasteiger partial charge is 0.273 e. The zero-order valence-electron chi connectivity index (χ0n) is 13.6. The van der Waals surface area contributed by atoms with Crippen LogP contribution in [0.25, 0.3) is 0 Å². The molecule has 1 saturated heterocycles. The van der Waals surface area contributed by atoms with Crippen LogP contribution in [0.5, 0.6) is 0 Å². The Hall–Kier alpha value is -2.70. The molecule has 2 heterocycles. The summed E-state index contributed by atoms with van der Waals surface area (Å²) in [6.07, 6.45) is 0.796. The van der Waals surface area contributed by atoms with E-state index in [1.54, 1.807) is 25.1 Å². The normalized spacial score (nSPS) is 17.1. The highest BCUT2D eigenvalue weighted by Gasteiger charge is 2.29.